The summed E-state index contributed by atoms with van der Waals surface area (Å²) in [4.78, 5) is 3.74. The number of nitrogens with zero attached hydrogens (tertiary/aromatic N) is 1. The van der Waals surface area contributed by atoms with Crippen molar-refractivity contribution < 1.29 is 54.4 Å². The summed E-state index contributed by atoms with van der Waals surface area (Å²) in [6.07, 6.45) is 1.49. The van der Waals surface area contributed by atoms with Crippen molar-refractivity contribution in [3.05, 3.63) is 0 Å². The third-order valence-corrected chi connectivity index (χ3v) is 0.487. The van der Waals surface area contributed by atoms with Crippen LogP contribution in [0.5, 0.6) is 0 Å². The van der Waals surface area contributed by atoms with Gasteiger partial charge in [0, 0.05) is 0 Å². The van der Waals surface area contributed by atoms with Crippen LogP contribution in [-0.2, 0) is 4.74 Å². The number of hydrogen-bond donors (Lipinski definition) is 0. The Morgan fingerprint density at radius 2 is 1.60 bits per heavy atom. The molecule has 0 fully saturated rings. The van der Waals surface area contributed by atoms with E-state index in [1.807, 2.05) is 0 Å². The fourth-order valence-corrected chi connectivity index (χ4v) is 0.264. The molecule has 1 heterocycles. The molecule has 0 spiro atoms. The molecule has 7 heteroatoms. The van der Waals surface area contributed by atoms with E-state index in [-0.39, 0.29) is 73.5 Å². The zero-order valence-electron chi connectivity index (χ0n) is 4.86. The van der Waals surface area contributed by atoms with Gasteiger partial charge in [-0.15, -0.1) is 0 Å². The van der Waals surface area contributed by atoms with Gasteiger partial charge in [0.1, 0.15) is 6.61 Å². The van der Waals surface area contributed by atoms with Gasteiger partial charge in [-0.1, -0.05) is 0 Å². The molecule has 0 aromatic carbocycles. The fourth-order valence-electron chi connectivity index (χ4n) is 0.264. The summed E-state index contributed by atoms with van der Waals surface area (Å²) >= 11 is 0. The van der Waals surface area contributed by atoms with Gasteiger partial charge in [-0.05, 0) is 0 Å². The maximum Gasteiger partial charge on any atom is 4.00 e. The van der Waals surface area contributed by atoms with Crippen molar-refractivity contribution >= 4 is 30.3 Å². The molecule has 0 aromatic rings. The van der Waals surface area contributed by atoms with Crippen molar-refractivity contribution in [1.82, 2.24) is 0 Å². The van der Waals surface area contributed by atoms with E-state index in [2.05, 4.69) is 9.73 Å². The summed E-state index contributed by atoms with van der Waals surface area (Å²) in [6, 6.07) is 0. The van der Waals surface area contributed by atoms with Crippen molar-refractivity contribution in [3.63, 3.8) is 0 Å². The van der Waals surface area contributed by atoms with Gasteiger partial charge >= 0.3 is 23.9 Å². The quantitative estimate of drug-likeness (QED) is 0.404. The fraction of sp³-hybridized carbons (Fsp3) is 0.667. The first kappa shape index (κ1) is 30.1. The first-order valence-electron chi connectivity index (χ1n) is 1.60. The average molecular weight is 332 g/mol. The minimum absolute atomic E-state index is 0. The summed E-state index contributed by atoms with van der Waals surface area (Å²) in [5.41, 5.74) is 0. The summed E-state index contributed by atoms with van der Waals surface area (Å²) in [7, 11) is 0. The minimum atomic E-state index is 0. The Hall–Kier alpha value is 1.43. The van der Waals surface area contributed by atoms with Gasteiger partial charge < -0.3 is 54.4 Å². The molecule has 1 aliphatic rings. The van der Waals surface area contributed by atoms with E-state index in [1.54, 1.807) is 0 Å². The molecule has 0 atom stereocenters. The molecule has 0 aliphatic carbocycles. The molecule has 0 aromatic heterocycles. The molecule has 1 aliphatic heterocycles. The van der Waals surface area contributed by atoms with Crippen LogP contribution < -0.4 is 49.6 Å². The maximum atomic E-state index is 4.65. The topological polar surface area (TPSA) is 21.6 Å². The third kappa shape index (κ3) is 16.2. The molecule has 0 radical (unpaired) electrons. The summed E-state index contributed by atoms with van der Waals surface area (Å²) < 4.78 is 4.65. The van der Waals surface area contributed by atoms with Crippen LogP contribution in [0.15, 0.2) is 4.99 Å². The van der Waals surface area contributed by atoms with Gasteiger partial charge in [0.2, 0.25) is 0 Å². The Morgan fingerprint density at radius 1 is 1.10 bits per heavy atom. The molecule has 0 saturated carbocycles. The zero-order chi connectivity index (χ0) is 3.54. The van der Waals surface area contributed by atoms with Crippen LogP contribution in [0.25, 0.3) is 0 Å². The Labute approximate surface area is 102 Å². The van der Waals surface area contributed by atoms with Crippen molar-refractivity contribution in [2.45, 2.75) is 0 Å². The molecule has 0 bridgehead atoms. The normalized spacial score (nSPS) is 9.60. The minimum Gasteiger partial charge on any atom is -1.00 e. The van der Waals surface area contributed by atoms with E-state index in [4.69, 9.17) is 0 Å². The summed E-state index contributed by atoms with van der Waals surface area (Å²) in [5.74, 6) is 0. The molecule has 60 valence electrons. The second-order valence-corrected chi connectivity index (χ2v) is 0.882. The van der Waals surface area contributed by atoms with Gasteiger partial charge in [-0.25, -0.2) is 0 Å². The van der Waals surface area contributed by atoms with E-state index in [0.717, 1.165) is 13.2 Å². The summed E-state index contributed by atoms with van der Waals surface area (Å²) in [6.45, 7) is 1.62. The number of halogens is 4. The van der Waals surface area contributed by atoms with E-state index >= 15 is 0 Å². The second kappa shape index (κ2) is 22.4. The van der Waals surface area contributed by atoms with Crippen LogP contribution in [0.2, 0.25) is 0 Å². The standard InChI is InChI=1S/C3H5NO.4ClH.Sn/c1-2-5-3-4-1;;;;;/h3H,1-2H2;4*1H;/q;;;;;+4/p-4. The third-order valence-electron chi connectivity index (χ3n) is 0.487. The number of ether oxygens (including phenoxy) is 1. The largest absolute Gasteiger partial charge is 4.00 e. The predicted molar refractivity (Wildman–Crippen MR) is 25.1 cm³/mol. The number of aliphatic imine (C=N–C) groups is 1. The molecule has 10 heavy (non-hydrogen) atoms. The van der Waals surface area contributed by atoms with Crippen molar-refractivity contribution in [2.24, 2.45) is 4.99 Å². The van der Waals surface area contributed by atoms with Crippen LogP contribution in [0, 0.1) is 0 Å². The van der Waals surface area contributed by atoms with Crippen LogP contribution in [0.4, 0.5) is 0 Å². The molecule has 0 N–H and O–H groups in total. The van der Waals surface area contributed by atoms with Gasteiger partial charge in [0.25, 0.3) is 0 Å². The van der Waals surface area contributed by atoms with Gasteiger partial charge in [-0.2, -0.15) is 0 Å². The predicted octanol–water partition coefficient (Wildman–Crippen LogP) is -12.3. The Kier molecular flexibility index (Phi) is 67.5. The molecular weight excluding hydrogens is 327 g/mol. The Balaban J connectivity index is -0.0000000167. The van der Waals surface area contributed by atoms with Crippen molar-refractivity contribution in [3.8, 4) is 0 Å². The smallest absolute Gasteiger partial charge is 1.00 e. The van der Waals surface area contributed by atoms with Crippen LogP contribution in [-0.4, -0.2) is 43.5 Å². The van der Waals surface area contributed by atoms with E-state index < -0.39 is 0 Å². The van der Waals surface area contributed by atoms with E-state index in [9.17, 15) is 0 Å². The van der Waals surface area contributed by atoms with Gasteiger partial charge in [-0.3, -0.25) is 4.99 Å². The molecule has 0 amide bonds. The zero-order valence-corrected chi connectivity index (χ0v) is 10.7. The van der Waals surface area contributed by atoms with Crippen molar-refractivity contribution in [1.29, 1.82) is 0 Å². The number of hydrogen-bond acceptors (Lipinski definition) is 2. The van der Waals surface area contributed by atoms with Crippen LogP contribution in [0.1, 0.15) is 0 Å². The van der Waals surface area contributed by atoms with Gasteiger partial charge in [0.15, 0.2) is 6.40 Å². The Bertz CT molecular complexity index is 58.5. The van der Waals surface area contributed by atoms with Crippen LogP contribution in [0.3, 0.4) is 0 Å². The average Bonchev–Trinajstić information content (AvgIpc) is 1.76. The summed E-state index contributed by atoms with van der Waals surface area (Å²) in [5, 5.41) is 0. The molecule has 0 saturated heterocycles. The van der Waals surface area contributed by atoms with E-state index in [0.29, 0.717) is 0 Å². The molecule has 0 unspecified atom stereocenters. The second-order valence-electron chi connectivity index (χ2n) is 0.882. The first-order chi connectivity index (χ1) is 2.50. The Morgan fingerprint density at radius 3 is 1.70 bits per heavy atom. The number of rotatable bonds is 0. The molecular formula is C3H5Cl4NOSn. The molecule has 1 rings (SSSR count). The van der Waals surface area contributed by atoms with Gasteiger partial charge in [0.05, 0.1) is 6.54 Å². The maximum absolute atomic E-state index is 4.65. The first-order valence-corrected chi connectivity index (χ1v) is 1.60. The monoisotopic (exact) mass is 331 g/mol. The molecule has 2 nitrogen and oxygen atoms in total. The van der Waals surface area contributed by atoms with E-state index in [1.165, 1.54) is 6.40 Å². The van der Waals surface area contributed by atoms with Crippen molar-refractivity contribution in [2.75, 3.05) is 13.2 Å². The SMILES string of the molecule is C1=NCCO1.[Cl-].[Cl-].[Cl-].[Cl-].[Sn+4]. The van der Waals surface area contributed by atoms with Crippen LogP contribution >= 0.6 is 0 Å².